The van der Waals surface area contributed by atoms with Crippen LogP contribution < -0.4 is 4.23 Å². The lowest BCUT2D eigenvalue weighted by Crippen LogP contribution is -2.60. The van der Waals surface area contributed by atoms with Crippen LogP contribution >= 0.6 is 33.2 Å². The van der Waals surface area contributed by atoms with Crippen molar-refractivity contribution in [1.82, 2.24) is 0 Å². The first-order valence-electron chi connectivity index (χ1n) is 8.31. The van der Waals surface area contributed by atoms with Crippen LogP contribution in [0.5, 0.6) is 0 Å². The molecule has 1 aromatic carbocycles. The molecule has 132 valence electrons. The molecule has 0 radical (unpaired) electrons. The van der Waals surface area contributed by atoms with Crippen molar-refractivity contribution in [2.24, 2.45) is 0 Å². The van der Waals surface area contributed by atoms with Crippen LogP contribution in [0.3, 0.4) is 0 Å². The van der Waals surface area contributed by atoms with E-state index in [9.17, 15) is 0 Å². The first-order valence-corrected chi connectivity index (χ1v) is 16.3. The molecule has 0 saturated carbocycles. The number of rotatable bonds is 6. The van der Waals surface area contributed by atoms with Gasteiger partial charge in [0, 0.05) is 5.69 Å². The number of anilines is 1. The van der Waals surface area contributed by atoms with E-state index < -0.39 is 14.4 Å². The van der Waals surface area contributed by atoms with E-state index in [4.69, 9.17) is 33.2 Å². The van der Waals surface area contributed by atoms with Gasteiger partial charge >= 0.3 is 6.16 Å². The van der Waals surface area contributed by atoms with Crippen molar-refractivity contribution in [2.45, 2.75) is 72.0 Å². The van der Waals surface area contributed by atoms with E-state index in [-0.39, 0.29) is 0 Å². The van der Waals surface area contributed by atoms with Crippen LogP contribution in [0.4, 0.5) is 5.69 Å². The molecule has 0 aliphatic heterocycles. The van der Waals surface area contributed by atoms with Gasteiger partial charge in [-0.05, 0) is 28.5 Å². The highest BCUT2D eigenvalue weighted by atomic mass is 35.8. The van der Waals surface area contributed by atoms with E-state index >= 15 is 0 Å². The zero-order chi connectivity index (χ0) is 18.2. The van der Waals surface area contributed by atoms with Crippen LogP contribution in [0.1, 0.15) is 64.5 Å². The molecule has 1 rings (SSSR count). The smallest absolute Gasteiger partial charge is 0.389 e. The number of nitrogens with zero attached hydrogens (tertiary/aromatic N) is 1. The topological polar surface area (TPSA) is 3.24 Å². The Bertz CT molecular complexity index is 511. The van der Waals surface area contributed by atoms with Crippen molar-refractivity contribution in [3.63, 3.8) is 0 Å². The Morgan fingerprint density at radius 3 is 1.48 bits per heavy atom. The van der Waals surface area contributed by atoms with Crippen molar-refractivity contribution in [2.75, 3.05) is 4.23 Å². The Labute approximate surface area is 158 Å². The predicted molar refractivity (Wildman–Crippen MR) is 113 cm³/mol. The highest BCUT2D eigenvalue weighted by Crippen LogP contribution is 2.45. The lowest BCUT2D eigenvalue weighted by atomic mass is 9.93. The molecule has 0 aliphatic carbocycles. The van der Waals surface area contributed by atoms with Crippen LogP contribution in [-0.4, -0.2) is 14.4 Å². The van der Waals surface area contributed by atoms with Gasteiger partial charge in [0.25, 0.3) is 0 Å². The maximum Gasteiger partial charge on any atom is 0.446 e. The number of benzene rings is 1. The minimum Gasteiger partial charge on any atom is -0.389 e. The van der Waals surface area contributed by atoms with Gasteiger partial charge in [0.15, 0.2) is 0 Å². The van der Waals surface area contributed by atoms with E-state index in [1.54, 1.807) is 0 Å². The van der Waals surface area contributed by atoms with Crippen LogP contribution in [-0.2, 0) is 0 Å². The number of halogens is 3. The van der Waals surface area contributed by atoms with Gasteiger partial charge in [-0.2, -0.15) is 0 Å². The highest BCUT2D eigenvalue weighted by Gasteiger charge is 2.48. The van der Waals surface area contributed by atoms with Crippen molar-refractivity contribution < 1.29 is 0 Å². The fourth-order valence-corrected chi connectivity index (χ4v) is 14.7. The molecule has 0 aromatic heterocycles. The zero-order valence-electron chi connectivity index (χ0n) is 15.5. The molecule has 0 spiro atoms. The maximum atomic E-state index is 6.65. The van der Waals surface area contributed by atoms with E-state index in [0.29, 0.717) is 17.4 Å². The average molecular weight is 411 g/mol. The summed E-state index contributed by atoms with van der Waals surface area (Å²) in [5, 5.41) is 0. The minimum atomic E-state index is -3.07. The van der Waals surface area contributed by atoms with E-state index in [0.717, 1.165) is 0 Å². The summed E-state index contributed by atoms with van der Waals surface area (Å²) >= 11 is 19.9. The van der Waals surface area contributed by atoms with Crippen molar-refractivity contribution in [3.8, 4) is 0 Å². The SMILES string of the molecule is CC(C)c1cccc(C(C)C)c1N([Si](Cl)(Cl)Cl)[Si](C)(C)C(C)C. The molecule has 0 saturated heterocycles. The number of hydrogen-bond acceptors (Lipinski definition) is 1. The van der Waals surface area contributed by atoms with Crippen molar-refractivity contribution in [3.05, 3.63) is 29.3 Å². The second-order valence-electron chi connectivity index (χ2n) is 7.71. The summed E-state index contributed by atoms with van der Waals surface area (Å²) in [6.07, 6.45) is -3.07. The molecule has 0 heterocycles. The lowest BCUT2D eigenvalue weighted by molar-refractivity contribution is 0.833. The van der Waals surface area contributed by atoms with E-state index in [1.807, 2.05) is 0 Å². The lowest BCUT2D eigenvalue weighted by Gasteiger charge is -2.47. The molecule has 0 atom stereocenters. The van der Waals surface area contributed by atoms with E-state index in [2.05, 4.69) is 77.1 Å². The Balaban J connectivity index is 3.79. The third kappa shape index (κ3) is 4.69. The van der Waals surface area contributed by atoms with Gasteiger partial charge in [-0.3, -0.25) is 0 Å². The molecule has 1 aromatic rings. The monoisotopic (exact) mass is 409 g/mol. The van der Waals surface area contributed by atoms with Gasteiger partial charge in [-0.15, -0.1) is 33.2 Å². The summed E-state index contributed by atoms with van der Waals surface area (Å²) in [5.41, 5.74) is 4.26. The van der Waals surface area contributed by atoms with Gasteiger partial charge in [-0.1, -0.05) is 72.8 Å². The summed E-state index contributed by atoms with van der Waals surface area (Å²) < 4.78 is 2.26. The highest BCUT2D eigenvalue weighted by molar-refractivity contribution is 7.67. The Hall–Kier alpha value is 0.324. The molecular weight excluding hydrogens is 381 g/mol. The fourth-order valence-electron chi connectivity index (χ4n) is 2.77. The van der Waals surface area contributed by atoms with Crippen LogP contribution in [0.15, 0.2) is 18.2 Å². The number of hydrogen-bond donors (Lipinski definition) is 0. The summed E-state index contributed by atoms with van der Waals surface area (Å²) in [5.74, 6) is 0.786. The van der Waals surface area contributed by atoms with Crippen LogP contribution in [0.25, 0.3) is 0 Å². The molecule has 0 aliphatic rings. The summed E-state index contributed by atoms with van der Waals surface area (Å²) in [6, 6.07) is 6.51. The first kappa shape index (κ1) is 21.4. The second-order valence-corrected chi connectivity index (χ2v) is 21.1. The Kier molecular flexibility index (Phi) is 7.15. The molecule has 1 nitrogen and oxygen atoms in total. The molecule has 23 heavy (non-hydrogen) atoms. The standard InChI is InChI=1S/C17H30Cl3NSi2/c1-12(2)15-10-9-11-16(13(3)4)17(15)21(23(18,19)20)22(7,8)14(5)6/h9-14H,1-8H3. The largest absolute Gasteiger partial charge is 0.446 e. The van der Waals surface area contributed by atoms with Crippen LogP contribution in [0, 0.1) is 0 Å². The fraction of sp³-hybridized carbons (Fsp3) is 0.647. The number of para-hydroxylation sites is 1. The second kappa shape index (κ2) is 7.69. The average Bonchev–Trinajstić information content (AvgIpc) is 2.36. The van der Waals surface area contributed by atoms with Gasteiger partial charge in [0.05, 0.1) is 0 Å². The zero-order valence-corrected chi connectivity index (χ0v) is 19.8. The van der Waals surface area contributed by atoms with Crippen molar-refractivity contribution >= 4 is 53.3 Å². The summed E-state index contributed by atoms with van der Waals surface area (Å²) in [6.45, 7) is 18.0. The minimum absolute atomic E-state index is 0.393. The normalized spacial score (nSPS) is 13.3. The van der Waals surface area contributed by atoms with Crippen LogP contribution in [0.2, 0.25) is 18.6 Å². The molecular formula is C17H30Cl3NSi2. The molecule has 6 heteroatoms. The van der Waals surface area contributed by atoms with Gasteiger partial charge in [-0.25, -0.2) is 0 Å². The van der Waals surface area contributed by atoms with Gasteiger partial charge in [0.1, 0.15) is 8.24 Å². The molecule has 0 N–H and O–H groups in total. The third-order valence-electron chi connectivity index (χ3n) is 4.81. The quantitative estimate of drug-likeness (QED) is 0.346. The summed E-state index contributed by atoms with van der Waals surface area (Å²) in [7, 11) is -1.94. The maximum absolute atomic E-state index is 6.65. The predicted octanol–water partition coefficient (Wildman–Crippen LogP) is 7.51. The summed E-state index contributed by atoms with van der Waals surface area (Å²) in [4.78, 5) is 0. The van der Waals surface area contributed by atoms with Gasteiger partial charge in [0.2, 0.25) is 0 Å². The first-order chi connectivity index (χ1) is 10.3. The van der Waals surface area contributed by atoms with E-state index in [1.165, 1.54) is 16.8 Å². The molecule has 0 amide bonds. The van der Waals surface area contributed by atoms with Crippen molar-refractivity contribution in [1.29, 1.82) is 0 Å². The van der Waals surface area contributed by atoms with Gasteiger partial charge < -0.3 is 4.23 Å². The Morgan fingerprint density at radius 2 is 1.22 bits per heavy atom. The molecule has 0 bridgehead atoms. The third-order valence-corrected chi connectivity index (χ3v) is 15.3. The molecule has 0 unspecified atom stereocenters. The molecule has 0 fully saturated rings. The Morgan fingerprint density at radius 1 is 0.826 bits per heavy atom.